The van der Waals surface area contributed by atoms with Gasteiger partial charge in [-0.2, -0.15) is 0 Å². The van der Waals surface area contributed by atoms with Gasteiger partial charge in [-0.1, -0.05) is 15.9 Å². The quantitative estimate of drug-likeness (QED) is 0.848. The SMILES string of the molecule is COc1cc(Br)c(C[NH+]2CCCC[C@H]2CO)cc1OC. The van der Waals surface area contributed by atoms with Crippen molar-refractivity contribution in [1.29, 1.82) is 0 Å². The molecule has 1 unspecified atom stereocenters. The molecule has 2 atom stereocenters. The second-order valence-corrected chi connectivity index (χ2v) is 6.11. The predicted molar refractivity (Wildman–Crippen MR) is 81.5 cm³/mol. The summed E-state index contributed by atoms with van der Waals surface area (Å²) in [6.07, 6.45) is 3.56. The first-order valence-electron chi connectivity index (χ1n) is 7.05. The van der Waals surface area contributed by atoms with Crippen LogP contribution in [-0.4, -0.2) is 38.5 Å². The number of nitrogens with one attached hydrogen (secondary N) is 1. The van der Waals surface area contributed by atoms with Gasteiger partial charge in [0.05, 0.1) is 27.4 Å². The van der Waals surface area contributed by atoms with Gasteiger partial charge in [-0.05, 0) is 25.0 Å². The molecule has 4 nitrogen and oxygen atoms in total. The fraction of sp³-hybridized carbons (Fsp3) is 0.600. The molecule has 1 fully saturated rings. The number of hydrogen-bond acceptors (Lipinski definition) is 3. The highest BCUT2D eigenvalue weighted by Crippen LogP contribution is 2.33. The van der Waals surface area contributed by atoms with Crippen LogP contribution in [0.25, 0.3) is 0 Å². The highest BCUT2D eigenvalue weighted by atomic mass is 79.9. The molecule has 1 heterocycles. The molecule has 0 aliphatic carbocycles. The van der Waals surface area contributed by atoms with E-state index in [-0.39, 0.29) is 6.61 Å². The zero-order valence-electron chi connectivity index (χ0n) is 12.1. The van der Waals surface area contributed by atoms with Crippen LogP contribution >= 0.6 is 15.9 Å². The molecule has 20 heavy (non-hydrogen) atoms. The van der Waals surface area contributed by atoms with Crippen molar-refractivity contribution in [2.75, 3.05) is 27.4 Å². The van der Waals surface area contributed by atoms with Crippen LogP contribution in [0.5, 0.6) is 11.5 Å². The van der Waals surface area contributed by atoms with E-state index >= 15 is 0 Å². The number of methoxy groups -OCH3 is 2. The van der Waals surface area contributed by atoms with E-state index in [1.165, 1.54) is 23.3 Å². The average molecular weight is 345 g/mol. The lowest BCUT2D eigenvalue weighted by molar-refractivity contribution is -0.944. The maximum absolute atomic E-state index is 9.51. The van der Waals surface area contributed by atoms with Gasteiger partial charge in [-0.15, -0.1) is 0 Å². The van der Waals surface area contributed by atoms with E-state index in [1.807, 2.05) is 12.1 Å². The molecule has 2 rings (SSSR count). The molecule has 0 spiro atoms. The minimum Gasteiger partial charge on any atom is -0.493 e. The monoisotopic (exact) mass is 344 g/mol. The largest absolute Gasteiger partial charge is 0.493 e. The van der Waals surface area contributed by atoms with Gasteiger partial charge in [-0.25, -0.2) is 0 Å². The Bertz CT molecular complexity index is 453. The first-order valence-corrected chi connectivity index (χ1v) is 7.84. The minimum atomic E-state index is 0.264. The van der Waals surface area contributed by atoms with E-state index < -0.39 is 0 Å². The van der Waals surface area contributed by atoms with Gasteiger partial charge in [0.1, 0.15) is 12.6 Å². The van der Waals surface area contributed by atoms with Gasteiger partial charge < -0.3 is 19.5 Å². The van der Waals surface area contributed by atoms with E-state index in [9.17, 15) is 5.11 Å². The van der Waals surface area contributed by atoms with Gasteiger partial charge in [0.15, 0.2) is 11.5 Å². The summed E-state index contributed by atoms with van der Waals surface area (Å²) in [6.45, 7) is 2.28. The van der Waals surface area contributed by atoms with Crippen LogP contribution in [0.1, 0.15) is 24.8 Å². The second-order valence-electron chi connectivity index (χ2n) is 5.26. The van der Waals surface area contributed by atoms with Crippen molar-refractivity contribution in [1.82, 2.24) is 0 Å². The molecule has 0 radical (unpaired) electrons. The van der Waals surface area contributed by atoms with Gasteiger partial charge in [0.25, 0.3) is 0 Å². The fourth-order valence-corrected chi connectivity index (χ4v) is 3.34. The van der Waals surface area contributed by atoms with Crippen molar-refractivity contribution in [3.63, 3.8) is 0 Å². The van der Waals surface area contributed by atoms with Crippen LogP contribution in [0.15, 0.2) is 16.6 Å². The van der Waals surface area contributed by atoms with E-state index in [2.05, 4.69) is 15.9 Å². The molecule has 0 saturated carbocycles. The molecule has 2 N–H and O–H groups in total. The summed E-state index contributed by atoms with van der Waals surface area (Å²) in [6, 6.07) is 4.33. The smallest absolute Gasteiger partial charge is 0.161 e. The highest BCUT2D eigenvalue weighted by Gasteiger charge is 2.26. The highest BCUT2D eigenvalue weighted by molar-refractivity contribution is 9.10. The molecular formula is C15H23BrNO3+. The summed E-state index contributed by atoms with van der Waals surface area (Å²) in [5, 5.41) is 9.51. The standard InChI is InChI=1S/C15H22BrNO3/c1-19-14-7-11(13(16)8-15(14)20-2)9-17-6-4-3-5-12(17)10-18/h7-8,12,18H,3-6,9-10H2,1-2H3/p+1/t12-/m0/s1. The van der Waals surface area contributed by atoms with Crippen molar-refractivity contribution in [3.05, 3.63) is 22.2 Å². The molecule has 1 aliphatic rings. The van der Waals surface area contributed by atoms with Crippen LogP contribution in [0.4, 0.5) is 0 Å². The molecular weight excluding hydrogens is 322 g/mol. The number of halogens is 1. The predicted octanol–water partition coefficient (Wildman–Crippen LogP) is 1.40. The molecule has 1 aromatic rings. The molecule has 1 aromatic carbocycles. The van der Waals surface area contributed by atoms with E-state index in [4.69, 9.17) is 9.47 Å². The Kier molecular flexibility index (Phi) is 5.69. The van der Waals surface area contributed by atoms with E-state index in [0.29, 0.717) is 6.04 Å². The molecule has 112 valence electrons. The summed E-state index contributed by atoms with van der Waals surface area (Å²) in [5.41, 5.74) is 1.19. The molecule has 1 aliphatic heterocycles. The Labute approximate surface area is 128 Å². The van der Waals surface area contributed by atoms with Crippen molar-refractivity contribution >= 4 is 15.9 Å². The molecule has 1 saturated heterocycles. The zero-order valence-corrected chi connectivity index (χ0v) is 13.7. The Morgan fingerprint density at radius 2 is 1.95 bits per heavy atom. The lowest BCUT2D eigenvalue weighted by atomic mass is 10.0. The summed E-state index contributed by atoms with van der Waals surface area (Å²) in [5.74, 6) is 1.48. The van der Waals surface area contributed by atoms with E-state index in [1.54, 1.807) is 14.2 Å². The van der Waals surface area contributed by atoms with Crippen molar-refractivity contribution in [2.24, 2.45) is 0 Å². The van der Waals surface area contributed by atoms with Gasteiger partial charge in [0.2, 0.25) is 0 Å². The van der Waals surface area contributed by atoms with E-state index in [0.717, 1.165) is 35.5 Å². The number of hydrogen-bond donors (Lipinski definition) is 2. The third-order valence-electron chi connectivity index (χ3n) is 4.07. The number of benzene rings is 1. The maximum Gasteiger partial charge on any atom is 0.161 e. The van der Waals surface area contributed by atoms with Crippen LogP contribution in [0.2, 0.25) is 0 Å². The van der Waals surface area contributed by atoms with Gasteiger partial charge in [-0.3, -0.25) is 0 Å². The number of aliphatic hydroxyl groups is 1. The van der Waals surface area contributed by atoms with Gasteiger partial charge >= 0.3 is 0 Å². The average Bonchev–Trinajstić information content (AvgIpc) is 2.49. The zero-order chi connectivity index (χ0) is 14.5. The van der Waals surface area contributed by atoms with Crippen LogP contribution in [-0.2, 0) is 6.54 Å². The Morgan fingerprint density at radius 1 is 1.25 bits per heavy atom. The van der Waals surface area contributed by atoms with Crippen LogP contribution in [0.3, 0.4) is 0 Å². The molecule has 0 amide bonds. The summed E-state index contributed by atoms with van der Waals surface area (Å²) in [7, 11) is 3.29. The number of quaternary nitrogens is 1. The first kappa shape index (κ1) is 15.6. The van der Waals surface area contributed by atoms with Gasteiger partial charge in [0, 0.05) is 16.5 Å². The Morgan fingerprint density at radius 3 is 2.60 bits per heavy atom. The number of ether oxygens (including phenoxy) is 2. The summed E-state index contributed by atoms with van der Waals surface area (Å²) >= 11 is 3.61. The summed E-state index contributed by atoms with van der Waals surface area (Å²) < 4.78 is 11.7. The number of aliphatic hydroxyl groups excluding tert-OH is 1. The Balaban J connectivity index is 2.19. The third kappa shape index (κ3) is 3.45. The normalized spacial score (nSPS) is 22.6. The number of piperidine rings is 1. The van der Waals surface area contributed by atoms with Crippen LogP contribution in [0, 0.1) is 0 Å². The topological polar surface area (TPSA) is 43.1 Å². The van der Waals surface area contributed by atoms with Crippen LogP contribution < -0.4 is 14.4 Å². The molecule has 0 bridgehead atoms. The minimum absolute atomic E-state index is 0.264. The lowest BCUT2D eigenvalue weighted by Gasteiger charge is -2.31. The van der Waals surface area contributed by atoms with Crippen molar-refractivity contribution in [3.8, 4) is 11.5 Å². The number of rotatable bonds is 5. The first-order chi connectivity index (χ1) is 9.69. The maximum atomic E-state index is 9.51. The second kappa shape index (κ2) is 7.29. The van der Waals surface area contributed by atoms with Crippen molar-refractivity contribution < 1.29 is 19.5 Å². The Hall–Kier alpha value is -0.780. The molecule has 0 aromatic heterocycles. The summed E-state index contributed by atoms with van der Waals surface area (Å²) in [4.78, 5) is 1.45. The lowest BCUT2D eigenvalue weighted by Crippen LogP contribution is -3.16. The number of likely N-dealkylation sites (tertiary alicyclic amines) is 1. The molecule has 5 heteroatoms. The third-order valence-corrected chi connectivity index (χ3v) is 4.81. The fourth-order valence-electron chi connectivity index (χ4n) is 2.88. The van der Waals surface area contributed by atoms with Crippen molar-refractivity contribution in [2.45, 2.75) is 31.8 Å².